The molecule has 30 heavy (non-hydrogen) atoms. The van der Waals surface area contributed by atoms with Crippen LogP contribution < -0.4 is 10.2 Å². The lowest BCUT2D eigenvalue weighted by Gasteiger charge is -2.36. The summed E-state index contributed by atoms with van der Waals surface area (Å²) in [6.45, 7) is 9.25. The molecule has 0 saturated heterocycles. The van der Waals surface area contributed by atoms with Crippen molar-refractivity contribution in [1.82, 2.24) is 0 Å². The summed E-state index contributed by atoms with van der Waals surface area (Å²) < 4.78 is 0. The molecule has 1 unspecified atom stereocenters. The number of benzene rings is 3. The number of hydrogen-bond acceptors (Lipinski definition) is 2. The fourth-order valence-corrected chi connectivity index (χ4v) is 5.18. The minimum atomic E-state index is -0.799. The van der Waals surface area contributed by atoms with Crippen LogP contribution >= 0.6 is 9.24 Å². The maximum atomic E-state index is 11.8. The summed E-state index contributed by atoms with van der Waals surface area (Å²) in [5.41, 5.74) is 12.7. The van der Waals surface area contributed by atoms with E-state index >= 15 is 0 Å². The molecular weight excluding hydrogens is 389 g/mol. The highest BCUT2D eigenvalue weighted by molar-refractivity contribution is 7.27. The highest BCUT2D eigenvalue weighted by atomic mass is 31.0. The molecule has 1 atom stereocenters. The molecule has 3 aromatic rings. The standard InChI is InChI=1S/C26H28NO2P/c1-14-6-9-18(10-7-14)23-17(4)24-19-11-8-15(2)26(30)21(19)13-27(5)25(24)16(3)20(23)12-22(28)29/h6-11H,12-13,30H2,1-5H3,(H,28,29). The van der Waals surface area contributed by atoms with Crippen LogP contribution in [0.15, 0.2) is 36.4 Å². The number of carbonyl (C=O) groups is 1. The summed E-state index contributed by atoms with van der Waals surface area (Å²) >= 11 is 0. The van der Waals surface area contributed by atoms with Crippen LogP contribution in [0.5, 0.6) is 0 Å². The van der Waals surface area contributed by atoms with Crippen molar-refractivity contribution >= 4 is 26.2 Å². The molecule has 0 fully saturated rings. The van der Waals surface area contributed by atoms with E-state index < -0.39 is 5.97 Å². The van der Waals surface area contributed by atoms with Gasteiger partial charge < -0.3 is 10.0 Å². The second-order valence-corrected chi connectivity index (χ2v) is 9.02. The average molecular weight is 417 g/mol. The Bertz CT molecular complexity index is 1180. The number of carboxylic acid groups (broad SMARTS) is 1. The van der Waals surface area contributed by atoms with Crippen LogP contribution in [-0.2, 0) is 17.8 Å². The van der Waals surface area contributed by atoms with Gasteiger partial charge in [-0.05, 0) is 77.5 Å². The molecule has 3 nitrogen and oxygen atoms in total. The number of aliphatic carboxylic acids is 1. The molecule has 0 amide bonds. The Morgan fingerprint density at radius 1 is 1.00 bits per heavy atom. The molecule has 1 aliphatic rings. The van der Waals surface area contributed by atoms with Crippen LogP contribution in [0.25, 0.3) is 22.3 Å². The third-order valence-corrected chi connectivity index (χ3v) is 7.19. The molecule has 154 valence electrons. The van der Waals surface area contributed by atoms with Gasteiger partial charge in [-0.3, -0.25) is 4.79 Å². The lowest BCUT2D eigenvalue weighted by Crippen LogP contribution is -2.28. The highest BCUT2D eigenvalue weighted by Gasteiger charge is 2.29. The zero-order valence-electron chi connectivity index (χ0n) is 18.3. The maximum Gasteiger partial charge on any atom is 0.307 e. The molecule has 0 aromatic heterocycles. The third kappa shape index (κ3) is 3.22. The Balaban J connectivity index is 2.12. The molecule has 0 spiro atoms. The van der Waals surface area contributed by atoms with E-state index in [2.05, 4.69) is 85.3 Å². The summed E-state index contributed by atoms with van der Waals surface area (Å²) in [4.78, 5) is 14.1. The van der Waals surface area contributed by atoms with Crippen molar-refractivity contribution < 1.29 is 9.90 Å². The van der Waals surface area contributed by atoms with Crippen molar-refractivity contribution in [3.63, 3.8) is 0 Å². The van der Waals surface area contributed by atoms with Crippen molar-refractivity contribution in [1.29, 1.82) is 0 Å². The Kier molecular flexibility index (Phi) is 5.20. The maximum absolute atomic E-state index is 11.8. The van der Waals surface area contributed by atoms with Gasteiger partial charge in [0.1, 0.15) is 0 Å². The van der Waals surface area contributed by atoms with E-state index in [-0.39, 0.29) is 6.42 Å². The van der Waals surface area contributed by atoms with Crippen LogP contribution in [0.4, 0.5) is 5.69 Å². The van der Waals surface area contributed by atoms with Crippen molar-refractivity contribution in [2.75, 3.05) is 11.9 Å². The fourth-order valence-electron chi connectivity index (χ4n) is 4.84. The third-order valence-electron chi connectivity index (χ3n) is 6.39. The molecule has 0 radical (unpaired) electrons. The first-order valence-corrected chi connectivity index (χ1v) is 10.8. The van der Waals surface area contributed by atoms with Gasteiger partial charge in [-0.15, -0.1) is 9.24 Å². The zero-order chi connectivity index (χ0) is 21.7. The minimum absolute atomic E-state index is 0.0205. The Morgan fingerprint density at radius 3 is 2.30 bits per heavy atom. The molecule has 1 heterocycles. The van der Waals surface area contributed by atoms with Crippen LogP contribution in [0.2, 0.25) is 0 Å². The predicted molar refractivity (Wildman–Crippen MR) is 129 cm³/mol. The fraction of sp³-hybridized carbons (Fsp3) is 0.269. The Morgan fingerprint density at radius 2 is 1.67 bits per heavy atom. The summed E-state index contributed by atoms with van der Waals surface area (Å²) in [6.07, 6.45) is 0.0205. The molecule has 0 bridgehead atoms. The van der Waals surface area contributed by atoms with Crippen molar-refractivity contribution in [3.05, 3.63) is 69.8 Å². The Labute approximate surface area is 181 Å². The zero-order valence-corrected chi connectivity index (χ0v) is 19.4. The molecule has 0 saturated carbocycles. The lowest BCUT2D eigenvalue weighted by molar-refractivity contribution is -0.136. The van der Waals surface area contributed by atoms with E-state index in [4.69, 9.17) is 0 Å². The summed E-state index contributed by atoms with van der Waals surface area (Å²) in [6, 6.07) is 12.8. The van der Waals surface area contributed by atoms with Crippen LogP contribution in [-0.4, -0.2) is 18.1 Å². The summed E-state index contributed by atoms with van der Waals surface area (Å²) in [5, 5.41) is 10.9. The van der Waals surface area contributed by atoms with Gasteiger partial charge in [0, 0.05) is 24.8 Å². The van der Waals surface area contributed by atoms with Gasteiger partial charge >= 0.3 is 5.97 Å². The second kappa shape index (κ2) is 7.56. The molecule has 4 rings (SSSR count). The number of rotatable bonds is 3. The topological polar surface area (TPSA) is 40.5 Å². The molecule has 1 aliphatic heterocycles. The van der Waals surface area contributed by atoms with Gasteiger partial charge in [-0.1, -0.05) is 42.0 Å². The minimum Gasteiger partial charge on any atom is -0.481 e. The normalized spacial score (nSPS) is 12.5. The van der Waals surface area contributed by atoms with E-state index in [0.717, 1.165) is 40.0 Å². The van der Waals surface area contributed by atoms with E-state index in [9.17, 15) is 9.90 Å². The van der Waals surface area contributed by atoms with E-state index in [1.54, 1.807) is 0 Å². The molecule has 0 aliphatic carbocycles. The van der Waals surface area contributed by atoms with E-state index in [1.807, 2.05) is 0 Å². The summed E-state index contributed by atoms with van der Waals surface area (Å²) in [7, 11) is 5.02. The van der Waals surface area contributed by atoms with Crippen LogP contribution in [0, 0.1) is 27.7 Å². The van der Waals surface area contributed by atoms with Gasteiger partial charge in [0.25, 0.3) is 0 Å². The lowest BCUT2D eigenvalue weighted by atomic mass is 9.80. The smallest absolute Gasteiger partial charge is 0.307 e. The number of carboxylic acids is 1. The largest absolute Gasteiger partial charge is 0.481 e. The monoisotopic (exact) mass is 417 g/mol. The number of hydrogen-bond donors (Lipinski definition) is 1. The van der Waals surface area contributed by atoms with Gasteiger partial charge in [0.2, 0.25) is 0 Å². The van der Waals surface area contributed by atoms with E-state index in [0.29, 0.717) is 0 Å². The SMILES string of the molecule is Cc1ccc(-c2c(C)c3c(c(C)c2CC(=O)O)N(C)Cc2c-3ccc(C)c2P)cc1. The quantitative estimate of drug-likeness (QED) is 0.586. The second-order valence-electron chi connectivity index (χ2n) is 8.44. The van der Waals surface area contributed by atoms with E-state index in [1.165, 1.54) is 33.1 Å². The first-order valence-electron chi connectivity index (χ1n) is 10.2. The number of nitrogens with zero attached hydrogens (tertiary/aromatic N) is 1. The molecule has 3 aromatic carbocycles. The van der Waals surface area contributed by atoms with Crippen LogP contribution in [0.3, 0.4) is 0 Å². The molecular formula is C26H28NO2P. The number of anilines is 1. The van der Waals surface area contributed by atoms with Crippen LogP contribution in [0.1, 0.15) is 33.4 Å². The number of aryl methyl sites for hydroxylation is 2. The van der Waals surface area contributed by atoms with Gasteiger partial charge in [0.15, 0.2) is 0 Å². The molecule has 1 N–H and O–H groups in total. The van der Waals surface area contributed by atoms with Crippen molar-refractivity contribution in [2.24, 2.45) is 0 Å². The Hall–Kier alpha value is -2.64. The summed E-state index contributed by atoms with van der Waals surface area (Å²) in [5.74, 6) is -0.799. The first-order chi connectivity index (χ1) is 14.2. The van der Waals surface area contributed by atoms with Gasteiger partial charge in [-0.25, -0.2) is 0 Å². The van der Waals surface area contributed by atoms with Crippen molar-refractivity contribution in [3.8, 4) is 22.3 Å². The molecule has 4 heteroatoms. The number of fused-ring (bicyclic) bond motifs is 3. The van der Waals surface area contributed by atoms with Gasteiger partial charge in [-0.2, -0.15) is 0 Å². The highest BCUT2D eigenvalue weighted by Crippen LogP contribution is 2.48. The average Bonchev–Trinajstić information content (AvgIpc) is 2.69. The van der Waals surface area contributed by atoms with Gasteiger partial charge in [0.05, 0.1) is 6.42 Å². The van der Waals surface area contributed by atoms with Crippen molar-refractivity contribution in [2.45, 2.75) is 40.7 Å². The predicted octanol–water partition coefficient (Wildman–Crippen LogP) is 5.33. The first kappa shape index (κ1) is 20.6.